The minimum Gasteiger partial charge on any atom is -0.327 e. The van der Waals surface area contributed by atoms with Gasteiger partial charge in [-0.05, 0) is 44.8 Å². The Kier molecular flexibility index (Phi) is 4.74. The molecular weight excluding hydrogens is 160 g/mol. The lowest BCUT2D eigenvalue weighted by atomic mass is 10.0. The summed E-state index contributed by atoms with van der Waals surface area (Å²) in [4.78, 5) is 2.56. The second-order valence-corrected chi connectivity index (χ2v) is 4.60. The lowest BCUT2D eigenvalue weighted by Crippen LogP contribution is -2.36. The summed E-state index contributed by atoms with van der Waals surface area (Å²) in [5.74, 6) is 0.629. The van der Waals surface area contributed by atoms with Gasteiger partial charge in [-0.1, -0.05) is 20.3 Å². The zero-order valence-electron chi connectivity index (χ0n) is 9.13. The lowest BCUT2D eigenvalue weighted by Gasteiger charge is -2.28. The van der Waals surface area contributed by atoms with Gasteiger partial charge in [0, 0.05) is 6.04 Å². The average Bonchev–Trinajstić information content (AvgIpc) is 2.15. The third-order valence-corrected chi connectivity index (χ3v) is 3.08. The van der Waals surface area contributed by atoms with Crippen LogP contribution >= 0.6 is 0 Å². The predicted octanol–water partition coefficient (Wildman–Crippen LogP) is 1.85. The SMILES string of the molecule is CC(C)[C@@H](N)CCN1CCCCC1. The molecule has 0 spiro atoms. The van der Waals surface area contributed by atoms with E-state index in [1.807, 2.05) is 0 Å². The Morgan fingerprint density at radius 2 is 1.77 bits per heavy atom. The Morgan fingerprint density at radius 1 is 1.15 bits per heavy atom. The van der Waals surface area contributed by atoms with Crippen molar-refractivity contribution in [1.29, 1.82) is 0 Å². The molecule has 1 aliphatic rings. The molecular formula is C11H24N2. The maximum absolute atomic E-state index is 6.01. The Hall–Kier alpha value is -0.0800. The maximum Gasteiger partial charge on any atom is 0.00740 e. The van der Waals surface area contributed by atoms with Gasteiger partial charge in [0.15, 0.2) is 0 Å². The van der Waals surface area contributed by atoms with Crippen molar-refractivity contribution in [3.8, 4) is 0 Å². The van der Waals surface area contributed by atoms with Crippen LogP contribution in [0.1, 0.15) is 39.5 Å². The molecule has 1 rings (SSSR count). The molecule has 78 valence electrons. The van der Waals surface area contributed by atoms with Crippen molar-refractivity contribution in [2.45, 2.75) is 45.6 Å². The topological polar surface area (TPSA) is 29.3 Å². The van der Waals surface area contributed by atoms with Gasteiger partial charge in [-0.15, -0.1) is 0 Å². The molecule has 0 saturated carbocycles. The summed E-state index contributed by atoms with van der Waals surface area (Å²) in [5, 5.41) is 0. The molecule has 1 aliphatic heterocycles. The molecule has 0 radical (unpaired) electrons. The molecule has 0 unspecified atom stereocenters. The van der Waals surface area contributed by atoms with E-state index in [1.165, 1.54) is 38.9 Å². The summed E-state index contributed by atoms with van der Waals surface area (Å²) >= 11 is 0. The number of likely N-dealkylation sites (tertiary alicyclic amines) is 1. The van der Waals surface area contributed by atoms with Crippen LogP contribution in [0.25, 0.3) is 0 Å². The van der Waals surface area contributed by atoms with Crippen LogP contribution in [0.15, 0.2) is 0 Å². The van der Waals surface area contributed by atoms with Crippen LogP contribution in [0.3, 0.4) is 0 Å². The number of nitrogens with zero attached hydrogens (tertiary/aromatic N) is 1. The molecule has 0 amide bonds. The van der Waals surface area contributed by atoms with Crippen LogP contribution in [-0.2, 0) is 0 Å². The highest BCUT2D eigenvalue weighted by atomic mass is 15.1. The van der Waals surface area contributed by atoms with E-state index in [4.69, 9.17) is 5.73 Å². The summed E-state index contributed by atoms with van der Waals surface area (Å²) in [6.45, 7) is 8.22. The van der Waals surface area contributed by atoms with Gasteiger partial charge in [0.1, 0.15) is 0 Å². The third kappa shape index (κ3) is 4.10. The fourth-order valence-corrected chi connectivity index (χ4v) is 1.85. The molecule has 1 atom stereocenters. The number of hydrogen-bond acceptors (Lipinski definition) is 2. The van der Waals surface area contributed by atoms with Crippen LogP contribution in [-0.4, -0.2) is 30.6 Å². The van der Waals surface area contributed by atoms with Crippen LogP contribution in [0, 0.1) is 5.92 Å². The first kappa shape index (κ1) is 11.0. The third-order valence-electron chi connectivity index (χ3n) is 3.08. The van der Waals surface area contributed by atoms with Crippen molar-refractivity contribution < 1.29 is 0 Å². The molecule has 2 N–H and O–H groups in total. The van der Waals surface area contributed by atoms with Crippen LogP contribution in [0.5, 0.6) is 0 Å². The summed E-state index contributed by atoms with van der Waals surface area (Å²) in [6.07, 6.45) is 5.36. The highest BCUT2D eigenvalue weighted by molar-refractivity contribution is 4.70. The van der Waals surface area contributed by atoms with Gasteiger partial charge < -0.3 is 10.6 Å². The zero-order chi connectivity index (χ0) is 9.68. The Balaban J connectivity index is 2.10. The van der Waals surface area contributed by atoms with Crippen molar-refractivity contribution >= 4 is 0 Å². The van der Waals surface area contributed by atoms with Crippen molar-refractivity contribution in [1.82, 2.24) is 4.90 Å². The van der Waals surface area contributed by atoms with Crippen molar-refractivity contribution in [3.63, 3.8) is 0 Å². The van der Waals surface area contributed by atoms with Gasteiger partial charge in [-0.2, -0.15) is 0 Å². The second kappa shape index (κ2) is 5.61. The van der Waals surface area contributed by atoms with Gasteiger partial charge in [0.25, 0.3) is 0 Å². The highest BCUT2D eigenvalue weighted by Crippen LogP contribution is 2.10. The van der Waals surface area contributed by atoms with Gasteiger partial charge in [-0.3, -0.25) is 0 Å². The van der Waals surface area contributed by atoms with E-state index < -0.39 is 0 Å². The fraction of sp³-hybridized carbons (Fsp3) is 1.00. The first-order chi connectivity index (χ1) is 6.20. The van der Waals surface area contributed by atoms with E-state index in [-0.39, 0.29) is 0 Å². The van der Waals surface area contributed by atoms with Crippen molar-refractivity contribution in [2.75, 3.05) is 19.6 Å². The predicted molar refractivity (Wildman–Crippen MR) is 57.7 cm³/mol. The largest absolute Gasteiger partial charge is 0.327 e. The summed E-state index contributed by atoms with van der Waals surface area (Å²) in [5.41, 5.74) is 6.01. The van der Waals surface area contributed by atoms with E-state index in [0.29, 0.717) is 12.0 Å². The smallest absolute Gasteiger partial charge is 0.00740 e. The Bertz CT molecular complexity index is 128. The molecule has 1 fully saturated rings. The second-order valence-electron chi connectivity index (χ2n) is 4.60. The van der Waals surface area contributed by atoms with Gasteiger partial charge >= 0.3 is 0 Å². The molecule has 1 heterocycles. The van der Waals surface area contributed by atoms with Crippen LogP contribution in [0.4, 0.5) is 0 Å². The first-order valence-electron chi connectivity index (χ1n) is 5.68. The molecule has 2 nitrogen and oxygen atoms in total. The quantitative estimate of drug-likeness (QED) is 0.722. The first-order valence-corrected chi connectivity index (χ1v) is 5.68. The van der Waals surface area contributed by atoms with E-state index in [0.717, 1.165) is 6.42 Å². The molecule has 2 heteroatoms. The number of rotatable bonds is 4. The van der Waals surface area contributed by atoms with E-state index in [2.05, 4.69) is 18.7 Å². The van der Waals surface area contributed by atoms with Crippen LogP contribution < -0.4 is 5.73 Å². The lowest BCUT2D eigenvalue weighted by molar-refractivity contribution is 0.215. The van der Waals surface area contributed by atoms with E-state index in [1.54, 1.807) is 0 Å². The summed E-state index contributed by atoms with van der Waals surface area (Å²) in [6, 6.07) is 0.391. The standard InChI is InChI=1S/C11H24N2/c1-10(2)11(12)6-9-13-7-4-3-5-8-13/h10-11H,3-9,12H2,1-2H3/t11-/m0/s1. The minimum atomic E-state index is 0.391. The summed E-state index contributed by atoms with van der Waals surface area (Å²) in [7, 11) is 0. The number of piperidine rings is 1. The highest BCUT2D eigenvalue weighted by Gasteiger charge is 2.12. The van der Waals surface area contributed by atoms with Crippen LogP contribution in [0.2, 0.25) is 0 Å². The van der Waals surface area contributed by atoms with Gasteiger partial charge in [0.05, 0.1) is 0 Å². The van der Waals surface area contributed by atoms with E-state index in [9.17, 15) is 0 Å². The molecule has 0 aliphatic carbocycles. The molecule has 0 aromatic heterocycles. The summed E-state index contributed by atoms with van der Waals surface area (Å²) < 4.78 is 0. The molecule has 0 aromatic carbocycles. The maximum atomic E-state index is 6.01. The zero-order valence-corrected chi connectivity index (χ0v) is 9.13. The monoisotopic (exact) mass is 184 g/mol. The number of nitrogens with two attached hydrogens (primary N) is 1. The average molecular weight is 184 g/mol. The van der Waals surface area contributed by atoms with Gasteiger partial charge in [0.2, 0.25) is 0 Å². The van der Waals surface area contributed by atoms with E-state index >= 15 is 0 Å². The normalized spacial score (nSPS) is 22.2. The molecule has 0 bridgehead atoms. The fourth-order valence-electron chi connectivity index (χ4n) is 1.85. The molecule has 13 heavy (non-hydrogen) atoms. The Morgan fingerprint density at radius 3 is 2.31 bits per heavy atom. The van der Waals surface area contributed by atoms with Crippen molar-refractivity contribution in [3.05, 3.63) is 0 Å². The van der Waals surface area contributed by atoms with Crippen molar-refractivity contribution in [2.24, 2.45) is 11.7 Å². The number of hydrogen-bond donors (Lipinski definition) is 1. The Labute approximate surface area is 82.5 Å². The van der Waals surface area contributed by atoms with Gasteiger partial charge in [-0.25, -0.2) is 0 Å². The minimum absolute atomic E-state index is 0.391. The molecule has 0 aromatic rings. The molecule has 1 saturated heterocycles.